The van der Waals surface area contributed by atoms with Crippen LogP contribution in [0.1, 0.15) is 25.3 Å². The number of nitrogens with zero attached hydrogens (tertiary/aromatic N) is 1. The molecular weight excluding hydrogens is 266 g/mol. The van der Waals surface area contributed by atoms with Crippen molar-refractivity contribution in [2.24, 2.45) is 5.73 Å². The van der Waals surface area contributed by atoms with Crippen LogP contribution in [0.4, 0.5) is 5.69 Å². The smallest absolute Gasteiger partial charge is 0.238 e. The van der Waals surface area contributed by atoms with E-state index < -0.39 is 0 Å². The number of carbonyl (C=O) groups is 1. The Morgan fingerprint density at radius 1 is 1.43 bits per heavy atom. The average Bonchev–Trinajstić information content (AvgIpc) is 2.48. The van der Waals surface area contributed by atoms with E-state index in [9.17, 15) is 4.79 Å². The van der Waals surface area contributed by atoms with E-state index in [1.165, 1.54) is 0 Å². The molecule has 2 rings (SSSR count). The normalized spacial score (nSPS) is 19.4. The SMILES string of the molecule is CCOC1CCCN(CC(=O)Nc2ccc(CN)cc2)C1. The Morgan fingerprint density at radius 2 is 2.19 bits per heavy atom. The van der Waals surface area contributed by atoms with Crippen LogP contribution in [-0.2, 0) is 16.1 Å². The molecule has 0 saturated carbocycles. The predicted molar refractivity (Wildman–Crippen MR) is 84.1 cm³/mol. The van der Waals surface area contributed by atoms with E-state index in [1.54, 1.807) is 0 Å². The van der Waals surface area contributed by atoms with Gasteiger partial charge in [0.05, 0.1) is 12.6 Å². The highest BCUT2D eigenvalue weighted by molar-refractivity contribution is 5.92. The summed E-state index contributed by atoms with van der Waals surface area (Å²) in [7, 11) is 0. The zero-order valence-electron chi connectivity index (χ0n) is 12.7. The molecule has 5 heteroatoms. The van der Waals surface area contributed by atoms with Gasteiger partial charge in [-0.2, -0.15) is 0 Å². The summed E-state index contributed by atoms with van der Waals surface area (Å²) >= 11 is 0. The molecule has 0 aromatic heterocycles. The summed E-state index contributed by atoms with van der Waals surface area (Å²) in [5, 5.41) is 2.93. The number of carbonyl (C=O) groups excluding carboxylic acids is 1. The average molecular weight is 291 g/mol. The fourth-order valence-electron chi connectivity index (χ4n) is 2.66. The summed E-state index contributed by atoms with van der Waals surface area (Å²) in [6, 6.07) is 7.64. The Bertz CT molecular complexity index is 445. The number of nitrogens with two attached hydrogens (primary N) is 1. The molecule has 1 unspecified atom stereocenters. The second kappa shape index (κ2) is 8.12. The van der Waals surface area contributed by atoms with Gasteiger partial charge in [0, 0.05) is 25.4 Å². The molecular formula is C16H25N3O2. The van der Waals surface area contributed by atoms with Gasteiger partial charge in [0.2, 0.25) is 5.91 Å². The molecule has 1 atom stereocenters. The minimum absolute atomic E-state index is 0.0210. The van der Waals surface area contributed by atoms with E-state index >= 15 is 0 Å². The molecule has 1 aliphatic rings. The quantitative estimate of drug-likeness (QED) is 0.835. The number of likely N-dealkylation sites (tertiary alicyclic amines) is 1. The molecule has 21 heavy (non-hydrogen) atoms. The number of anilines is 1. The third-order valence-electron chi connectivity index (χ3n) is 3.71. The van der Waals surface area contributed by atoms with Crippen molar-refractivity contribution in [1.29, 1.82) is 0 Å². The Hall–Kier alpha value is -1.43. The summed E-state index contributed by atoms with van der Waals surface area (Å²) in [6.07, 6.45) is 2.44. The molecule has 1 amide bonds. The third kappa shape index (κ3) is 5.12. The van der Waals surface area contributed by atoms with E-state index in [0.717, 1.165) is 43.8 Å². The van der Waals surface area contributed by atoms with Crippen LogP contribution in [0.15, 0.2) is 24.3 Å². The van der Waals surface area contributed by atoms with Crippen LogP contribution in [0.5, 0.6) is 0 Å². The molecule has 1 aromatic carbocycles. The molecule has 116 valence electrons. The Kier molecular flexibility index (Phi) is 6.17. The van der Waals surface area contributed by atoms with Crippen LogP contribution in [0.2, 0.25) is 0 Å². The summed E-state index contributed by atoms with van der Waals surface area (Å²) in [5.74, 6) is 0.0210. The molecule has 5 nitrogen and oxygen atoms in total. The number of ether oxygens (including phenoxy) is 1. The van der Waals surface area contributed by atoms with Crippen molar-refractivity contribution in [3.05, 3.63) is 29.8 Å². The summed E-state index contributed by atoms with van der Waals surface area (Å²) in [4.78, 5) is 14.2. The zero-order chi connectivity index (χ0) is 15.1. The standard InChI is InChI=1S/C16H25N3O2/c1-2-21-15-4-3-9-19(11-15)12-16(20)18-14-7-5-13(10-17)6-8-14/h5-8,15H,2-4,9-12,17H2,1H3,(H,18,20). The zero-order valence-corrected chi connectivity index (χ0v) is 12.7. The van der Waals surface area contributed by atoms with Crippen molar-refractivity contribution in [2.75, 3.05) is 31.6 Å². The Labute approximate surface area is 126 Å². The molecule has 3 N–H and O–H groups in total. The molecule has 0 aliphatic carbocycles. The Balaban J connectivity index is 1.80. The maximum absolute atomic E-state index is 12.1. The lowest BCUT2D eigenvalue weighted by atomic mass is 10.1. The van der Waals surface area contributed by atoms with Crippen molar-refractivity contribution in [3.8, 4) is 0 Å². The van der Waals surface area contributed by atoms with E-state index in [4.69, 9.17) is 10.5 Å². The number of piperidine rings is 1. The van der Waals surface area contributed by atoms with Crippen molar-refractivity contribution >= 4 is 11.6 Å². The van der Waals surface area contributed by atoms with Gasteiger partial charge in [-0.05, 0) is 44.0 Å². The largest absolute Gasteiger partial charge is 0.377 e. The van der Waals surface area contributed by atoms with Crippen LogP contribution in [0.3, 0.4) is 0 Å². The van der Waals surface area contributed by atoms with Gasteiger partial charge in [-0.25, -0.2) is 0 Å². The maximum atomic E-state index is 12.1. The van der Waals surface area contributed by atoms with E-state index in [0.29, 0.717) is 13.1 Å². The lowest BCUT2D eigenvalue weighted by molar-refractivity contribution is -0.118. The second-order valence-electron chi connectivity index (χ2n) is 5.40. The first-order chi connectivity index (χ1) is 10.2. The van der Waals surface area contributed by atoms with Crippen LogP contribution < -0.4 is 11.1 Å². The van der Waals surface area contributed by atoms with E-state index in [2.05, 4.69) is 10.2 Å². The predicted octanol–water partition coefficient (Wildman–Crippen LogP) is 1.58. The molecule has 0 bridgehead atoms. The van der Waals surface area contributed by atoms with E-state index in [1.807, 2.05) is 31.2 Å². The molecule has 1 saturated heterocycles. The molecule has 0 spiro atoms. The minimum atomic E-state index is 0.0210. The maximum Gasteiger partial charge on any atom is 0.238 e. The third-order valence-corrected chi connectivity index (χ3v) is 3.71. The summed E-state index contributed by atoms with van der Waals surface area (Å²) in [5.41, 5.74) is 7.43. The molecule has 0 radical (unpaired) electrons. The lowest BCUT2D eigenvalue weighted by Crippen LogP contribution is -2.43. The number of nitrogens with one attached hydrogen (secondary N) is 1. The van der Waals surface area contributed by atoms with Crippen LogP contribution in [0.25, 0.3) is 0 Å². The van der Waals surface area contributed by atoms with Gasteiger partial charge in [-0.15, -0.1) is 0 Å². The van der Waals surface area contributed by atoms with Crippen LogP contribution >= 0.6 is 0 Å². The fraction of sp³-hybridized carbons (Fsp3) is 0.562. The van der Waals surface area contributed by atoms with Gasteiger partial charge in [0.25, 0.3) is 0 Å². The highest BCUT2D eigenvalue weighted by Gasteiger charge is 2.21. The monoisotopic (exact) mass is 291 g/mol. The first-order valence-electron chi connectivity index (χ1n) is 7.64. The highest BCUT2D eigenvalue weighted by atomic mass is 16.5. The van der Waals surface area contributed by atoms with Gasteiger partial charge >= 0.3 is 0 Å². The van der Waals surface area contributed by atoms with Crippen molar-refractivity contribution in [2.45, 2.75) is 32.4 Å². The number of rotatable bonds is 6. The summed E-state index contributed by atoms with van der Waals surface area (Å²) in [6.45, 7) is 5.48. The topological polar surface area (TPSA) is 67.6 Å². The van der Waals surface area contributed by atoms with Gasteiger partial charge < -0.3 is 15.8 Å². The molecule has 1 fully saturated rings. The van der Waals surface area contributed by atoms with Gasteiger partial charge in [0.1, 0.15) is 0 Å². The van der Waals surface area contributed by atoms with E-state index in [-0.39, 0.29) is 12.0 Å². The van der Waals surface area contributed by atoms with Gasteiger partial charge in [-0.3, -0.25) is 9.69 Å². The summed E-state index contributed by atoms with van der Waals surface area (Å²) < 4.78 is 5.65. The van der Waals surface area contributed by atoms with Crippen molar-refractivity contribution in [3.63, 3.8) is 0 Å². The van der Waals surface area contributed by atoms with Gasteiger partial charge in [0.15, 0.2) is 0 Å². The van der Waals surface area contributed by atoms with Crippen molar-refractivity contribution < 1.29 is 9.53 Å². The van der Waals surface area contributed by atoms with Crippen LogP contribution in [-0.4, -0.2) is 43.2 Å². The number of amides is 1. The fourth-order valence-corrected chi connectivity index (χ4v) is 2.66. The number of benzene rings is 1. The van der Waals surface area contributed by atoms with Crippen molar-refractivity contribution in [1.82, 2.24) is 4.90 Å². The number of hydrogen-bond donors (Lipinski definition) is 2. The van der Waals surface area contributed by atoms with Gasteiger partial charge in [-0.1, -0.05) is 12.1 Å². The Morgan fingerprint density at radius 3 is 2.86 bits per heavy atom. The first kappa shape index (κ1) is 15.9. The minimum Gasteiger partial charge on any atom is -0.377 e. The second-order valence-corrected chi connectivity index (χ2v) is 5.40. The highest BCUT2D eigenvalue weighted by Crippen LogP contribution is 2.14. The molecule has 1 aromatic rings. The molecule has 1 aliphatic heterocycles. The first-order valence-corrected chi connectivity index (χ1v) is 7.64. The lowest BCUT2D eigenvalue weighted by Gasteiger charge is -2.31. The van der Waals surface area contributed by atoms with Crippen LogP contribution in [0, 0.1) is 0 Å². The molecule has 1 heterocycles. The number of hydrogen-bond acceptors (Lipinski definition) is 4.